The summed E-state index contributed by atoms with van der Waals surface area (Å²) >= 11 is 0. The van der Waals surface area contributed by atoms with E-state index in [1.807, 2.05) is 7.05 Å². The Labute approximate surface area is 123 Å². The van der Waals surface area contributed by atoms with E-state index in [9.17, 15) is 14.9 Å². The van der Waals surface area contributed by atoms with Crippen LogP contribution >= 0.6 is 12.4 Å². The smallest absolute Gasteiger partial charge is 0.273 e. The molecule has 0 heterocycles. The molecule has 0 saturated heterocycles. The summed E-state index contributed by atoms with van der Waals surface area (Å²) in [6, 6.07) is 5.73. The summed E-state index contributed by atoms with van der Waals surface area (Å²) in [5.41, 5.74) is -0.0630. The number of carbonyl (C=O) groups is 1. The Balaban J connectivity index is 0.00000361. The number of hydrogen-bond donors (Lipinski definition) is 2. The van der Waals surface area contributed by atoms with Crippen molar-refractivity contribution in [1.82, 2.24) is 10.6 Å². The van der Waals surface area contributed by atoms with Gasteiger partial charge in [0.1, 0.15) is 5.75 Å². The molecule has 0 radical (unpaired) electrons. The van der Waals surface area contributed by atoms with Crippen molar-refractivity contribution in [2.75, 3.05) is 26.7 Å². The van der Waals surface area contributed by atoms with Gasteiger partial charge < -0.3 is 15.4 Å². The fourth-order valence-corrected chi connectivity index (χ4v) is 1.38. The molecule has 0 bridgehead atoms. The molecule has 1 aromatic carbocycles. The van der Waals surface area contributed by atoms with E-state index in [4.69, 9.17) is 4.74 Å². The Morgan fingerprint density at radius 3 is 2.80 bits per heavy atom. The van der Waals surface area contributed by atoms with E-state index in [1.165, 1.54) is 18.2 Å². The molecule has 1 amide bonds. The number of ether oxygens (including phenoxy) is 1. The van der Waals surface area contributed by atoms with E-state index in [0.717, 1.165) is 13.0 Å². The van der Waals surface area contributed by atoms with Crippen molar-refractivity contribution in [3.8, 4) is 5.75 Å². The molecule has 0 saturated carbocycles. The molecule has 0 aliphatic carbocycles. The first-order chi connectivity index (χ1) is 9.13. The van der Waals surface area contributed by atoms with Gasteiger partial charge >= 0.3 is 0 Å². The van der Waals surface area contributed by atoms with Gasteiger partial charge in [-0.3, -0.25) is 14.9 Å². The predicted molar refractivity (Wildman–Crippen MR) is 77.4 cm³/mol. The number of benzene rings is 1. The van der Waals surface area contributed by atoms with Crippen LogP contribution in [0.2, 0.25) is 0 Å². The first-order valence-electron chi connectivity index (χ1n) is 5.92. The lowest BCUT2D eigenvalue weighted by Crippen LogP contribution is -2.30. The van der Waals surface area contributed by atoms with E-state index in [-0.39, 0.29) is 30.6 Å². The van der Waals surface area contributed by atoms with Crippen molar-refractivity contribution < 1.29 is 14.5 Å². The minimum atomic E-state index is -0.509. The maximum atomic E-state index is 11.4. The summed E-state index contributed by atoms with van der Waals surface area (Å²) in [5.74, 6) is 0.0576. The number of amides is 1. The Hall–Kier alpha value is -1.86. The molecule has 20 heavy (non-hydrogen) atoms. The van der Waals surface area contributed by atoms with Gasteiger partial charge in [0, 0.05) is 12.6 Å². The van der Waals surface area contributed by atoms with Crippen LogP contribution in [0.3, 0.4) is 0 Å². The average Bonchev–Trinajstić information content (AvgIpc) is 2.41. The zero-order valence-electron chi connectivity index (χ0n) is 11.1. The minimum absolute atomic E-state index is 0. The quantitative estimate of drug-likeness (QED) is 0.426. The lowest BCUT2D eigenvalue weighted by atomic mass is 10.3. The highest BCUT2D eigenvalue weighted by atomic mass is 35.5. The topological polar surface area (TPSA) is 93.5 Å². The Morgan fingerprint density at radius 1 is 1.40 bits per heavy atom. The highest BCUT2D eigenvalue weighted by Crippen LogP contribution is 2.18. The standard InChI is InChI=1S/C12H17N3O4.ClH/c1-13-6-3-7-14-12(16)9-19-11-5-2-4-10(8-11)15(17)18;/h2,4-5,8,13H,3,6-7,9H2,1H3,(H,14,16);1H. The molecule has 7 nitrogen and oxygen atoms in total. The van der Waals surface area contributed by atoms with Gasteiger partial charge in [-0.2, -0.15) is 0 Å². The lowest BCUT2D eigenvalue weighted by molar-refractivity contribution is -0.384. The average molecular weight is 304 g/mol. The van der Waals surface area contributed by atoms with E-state index in [1.54, 1.807) is 6.07 Å². The number of rotatable bonds is 8. The molecule has 0 aliphatic rings. The maximum absolute atomic E-state index is 11.4. The molecular formula is C12H18ClN3O4. The number of nitro benzene ring substituents is 1. The van der Waals surface area contributed by atoms with Gasteiger partial charge in [0.25, 0.3) is 11.6 Å². The van der Waals surface area contributed by atoms with Crippen LogP contribution in [0.5, 0.6) is 5.75 Å². The summed E-state index contributed by atoms with van der Waals surface area (Å²) in [6.07, 6.45) is 0.832. The van der Waals surface area contributed by atoms with Crippen molar-refractivity contribution in [3.63, 3.8) is 0 Å². The number of nitrogens with zero attached hydrogens (tertiary/aromatic N) is 1. The molecule has 0 fully saturated rings. The fraction of sp³-hybridized carbons (Fsp3) is 0.417. The number of nitrogens with one attached hydrogen (secondary N) is 2. The summed E-state index contributed by atoms with van der Waals surface area (Å²) in [6.45, 7) is 1.24. The Bertz CT molecular complexity index is 442. The van der Waals surface area contributed by atoms with Crippen molar-refractivity contribution in [3.05, 3.63) is 34.4 Å². The Kier molecular flexibility index (Phi) is 9.06. The van der Waals surface area contributed by atoms with Crippen molar-refractivity contribution in [2.24, 2.45) is 0 Å². The monoisotopic (exact) mass is 303 g/mol. The Morgan fingerprint density at radius 2 is 2.15 bits per heavy atom. The zero-order valence-corrected chi connectivity index (χ0v) is 11.9. The summed E-state index contributed by atoms with van der Waals surface area (Å²) in [5, 5.41) is 16.2. The molecule has 0 atom stereocenters. The summed E-state index contributed by atoms with van der Waals surface area (Å²) in [7, 11) is 1.84. The molecule has 0 aromatic heterocycles. The summed E-state index contributed by atoms with van der Waals surface area (Å²) < 4.78 is 5.18. The largest absolute Gasteiger partial charge is 0.484 e. The van der Waals surface area contributed by atoms with E-state index < -0.39 is 4.92 Å². The van der Waals surface area contributed by atoms with Gasteiger partial charge in [-0.15, -0.1) is 12.4 Å². The van der Waals surface area contributed by atoms with Gasteiger partial charge in [-0.1, -0.05) is 6.07 Å². The highest BCUT2D eigenvalue weighted by Gasteiger charge is 2.07. The second-order valence-corrected chi connectivity index (χ2v) is 3.85. The first-order valence-corrected chi connectivity index (χ1v) is 5.92. The predicted octanol–water partition coefficient (Wildman–Crippen LogP) is 1.12. The van der Waals surface area contributed by atoms with Crippen LogP contribution < -0.4 is 15.4 Å². The van der Waals surface area contributed by atoms with Gasteiger partial charge in [0.15, 0.2) is 6.61 Å². The maximum Gasteiger partial charge on any atom is 0.273 e. The van der Waals surface area contributed by atoms with Gasteiger partial charge in [0.05, 0.1) is 11.0 Å². The van der Waals surface area contributed by atoms with Gasteiger partial charge in [-0.05, 0) is 26.1 Å². The van der Waals surface area contributed by atoms with Crippen LogP contribution in [-0.2, 0) is 4.79 Å². The molecule has 1 aromatic rings. The number of non-ortho nitro benzene ring substituents is 1. The normalized spacial score (nSPS) is 9.45. The van der Waals surface area contributed by atoms with Crippen LogP contribution in [0.25, 0.3) is 0 Å². The lowest BCUT2D eigenvalue weighted by Gasteiger charge is -2.07. The minimum Gasteiger partial charge on any atom is -0.484 e. The molecule has 8 heteroatoms. The number of halogens is 1. The summed E-state index contributed by atoms with van der Waals surface area (Å²) in [4.78, 5) is 21.5. The highest BCUT2D eigenvalue weighted by molar-refractivity contribution is 5.85. The van der Waals surface area contributed by atoms with Gasteiger partial charge in [-0.25, -0.2) is 0 Å². The number of carbonyl (C=O) groups excluding carboxylic acids is 1. The number of hydrogen-bond acceptors (Lipinski definition) is 5. The molecule has 2 N–H and O–H groups in total. The van der Waals surface area contributed by atoms with Crippen LogP contribution in [0.15, 0.2) is 24.3 Å². The van der Waals surface area contributed by atoms with Gasteiger partial charge in [0.2, 0.25) is 0 Å². The fourth-order valence-electron chi connectivity index (χ4n) is 1.38. The third-order valence-electron chi connectivity index (χ3n) is 2.32. The van der Waals surface area contributed by atoms with Crippen LogP contribution in [0.4, 0.5) is 5.69 Å². The second kappa shape index (κ2) is 9.99. The van der Waals surface area contributed by atoms with Crippen molar-refractivity contribution >= 4 is 24.0 Å². The molecule has 112 valence electrons. The zero-order chi connectivity index (χ0) is 14.1. The third-order valence-corrected chi connectivity index (χ3v) is 2.32. The molecule has 0 aliphatic heterocycles. The molecule has 0 spiro atoms. The van der Waals surface area contributed by atoms with Crippen molar-refractivity contribution in [2.45, 2.75) is 6.42 Å². The van der Waals surface area contributed by atoms with Crippen LogP contribution in [0.1, 0.15) is 6.42 Å². The molecule has 1 rings (SSSR count). The van der Waals surface area contributed by atoms with Crippen LogP contribution in [0, 0.1) is 10.1 Å². The van der Waals surface area contributed by atoms with E-state index >= 15 is 0 Å². The third kappa shape index (κ3) is 6.91. The molecule has 0 unspecified atom stereocenters. The molecular weight excluding hydrogens is 286 g/mol. The van der Waals surface area contributed by atoms with Crippen molar-refractivity contribution in [1.29, 1.82) is 0 Å². The van der Waals surface area contributed by atoms with E-state index in [2.05, 4.69) is 10.6 Å². The first kappa shape index (κ1) is 18.1. The van der Waals surface area contributed by atoms with E-state index in [0.29, 0.717) is 12.3 Å². The number of nitro groups is 1. The SMILES string of the molecule is CNCCCNC(=O)COc1cccc([N+](=O)[O-])c1.Cl. The van der Waals surface area contributed by atoms with Crippen LogP contribution in [-0.4, -0.2) is 37.6 Å². The second-order valence-electron chi connectivity index (χ2n) is 3.85.